The highest BCUT2D eigenvalue weighted by atomic mass is 19.4. The van der Waals surface area contributed by atoms with E-state index >= 15 is 0 Å². The number of hydrogen-bond acceptors (Lipinski definition) is 6. The summed E-state index contributed by atoms with van der Waals surface area (Å²) >= 11 is 0. The molecule has 5 rings (SSSR count). The maximum atomic E-state index is 13.5. The summed E-state index contributed by atoms with van der Waals surface area (Å²) < 4.78 is 51.4. The predicted octanol–water partition coefficient (Wildman–Crippen LogP) is 3.94. The van der Waals surface area contributed by atoms with Crippen LogP contribution in [0.15, 0.2) is 42.5 Å². The molecule has 226 valence electrons. The molecular weight excluding hydrogens is 553 g/mol. The monoisotopic (exact) mass is 588 g/mol. The van der Waals surface area contributed by atoms with Gasteiger partial charge in [-0.2, -0.15) is 13.2 Å². The summed E-state index contributed by atoms with van der Waals surface area (Å²) in [7, 11) is 1.68. The van der Waals surface area contributed by atoms with E-state index in [2.05, 4.69) is 15.5 Å². The van der Waals surface area contributed by atoms with E-state index in [1.165, 1.54) is 43.2 Å². The van der Waals surface area contributed by atoms with E-state index in [0.29, 0.717) is 25.1 Å². The Morgan fingerprint density at radius 2 is 1.86 bits per heavy atom. The molecule has 12 heteroatoms. The first kappa shape index (κ1) is 29.8. The highest BCUT2D eigenvalue weighted by molar-refractivity contribution is 6.05. The topological polar surface area (TPSA) is 100 Å². The summed E-state index contributed by atoms with van der Waals surface area (Å²) in [5, 5.41) is 5.55. The van der Waals surface area contributed by atoms with Gasteiger partial charge in [0.15, 0.2) is 0 Å². The second-order valence-electron chi connectivity index (χ2n) is 11.0. The van der Waals surface area contributed by atoms with Gasteiger partial charge in [-0.05, 0) is 75.2 Å². The molecule has 0 saturated carbocycles. The van der Waals surface area contributed by atoms with Crippen LogP contribution in [-0.4, -0.2) is 85.6 Å². The van der Waals surface area contributed by atoms with E-state index in [-0.39, 0.29) is 53.8 Å². The Bertz CT molecular complexity index is 1310. The fourth-order valence-corrected chi connectivity index (χ4v) is 5.78. The molecule has 3 amide bonds. The first-order valence-corrected chi connectivity index (χ1v) is 14.3. The Labute approximate surface area is 242 Å². The number of benzene rings is 2. The quantitative estimate of drug-likeness (QED) is 0.509. The first-order valence-electron chi connectivity index (χ1n) is 14.3. The van der Waals surface area contributed by atoms with Crippen LogP contribution in [0.4, 0.5) is 18.9 Å². The van der Waals surface area contributed by atoms with Gasteiger partial charge >= 0.3 is 6.18 Å². The van der Waals surface area contributed by atoms with Gasteiger partial charge in [0.1, 0.15) is 18.5 Å². The van der Waals surface area contributed by atoms with Crippen LogP contribution >= 0.6 is 0 Å². The lowest BCUT2D eigenvalue weighted by Crippen LogP contribution is -2.54. The second kappa shape index (κ2) is 12.7. The number of likely N-dealkylation sites (tertiary alicyclic amines) is 1. The Balaban J connectivity index is 1.20. The number of nitrogens with one attached hydrogen (secondary N) is 2. The van der Waals surface area contributed by atoms with E-state index in [9.17, 15) is 27.6 Å². The van der Waals surface area contributed by atoms with Crippen LogP contribution in [0.1, 0.15) is 58.4 Å². The van der Waals surface area contributed by atoms with Crippen molar-refractivity contribution in [1.29, 1.82) is 0 Å². The molecule has 2 aromatic rings. The van der Waals surface area contributed by atoms with Crippen molar-refractivity contribution in [3.05, 3.63) is 59.2 Å². The number of anilines is 1. The van der Waals surface area contributed by atoms with Gasteiger partial charge in [0.05, 0.1) is 29.7 Å². The van der Waals surface area contributed by atoms with Gasteiger partial charge in [0.25, 0.3) is 11.8 Å². The number of nitrogens with zero attached hydrogens (tertiary/aromatic N) is 2. The van der Waals surface area contributed by atoms with Crippen LogP contribution in [0.2, 0.25) is 0 Å². The number of carbonyl (C=O) groups excluding carboxylic acids is 3. The van der Waals surface area contributed by atoms with E-state index in [1.54, 1.807) is 11.9 Å². The van der Waals surface area contributed by atoms with Crippen LogP contribution < -0.4 is 15.4 Å². The SMILES string of the molecule is CN1C(=O)c2cc(NC(=O)c3cccc(C(F)(F)F)c3)ccc2OC[C@H]2O[C@H](CC(=O)NCCN3CCCC3)CC[C@H]21. The van der Waals surface area contributed by atoms with Crippen molar-refractivity contribution in [1.82, 2.24) is 15.1 Å². The van der Waals surface area contributed by atoms with Crippen molar-refractivity contribution < 1.29 is 37.0 Å². The molecule has 0 radical (unpaired) electrons. The molecule has 0 unspecified atom stereocenters. The summed E-state index contributed by atoms with van der Waals surface area (Å²) in [5.41, 5.74) is -0.622. The minimum absolute atomic E-state index is 0.0566. The molecule has 9 nitrogen and oxygen atoms in total. The Hall–Kier alpha value is -3.64. The molecule has 3 aliphatic heterocycles. The van der Waals surface area contributed by atoms with Gasteiger partial charge in [-0.25, -0.2) is 0 Å². The highest BCUT2D eigenvalue weighted by Gasteiger charge is 2.39. The van der Waals surface area contributed by atoms with Crippen LogP contribution in [-0.2, 0) is 15.7 Å². The maximum Gasteiger partial charge on any atom is 0.416 e. The molecule has 3 heterocycles. The molecule has 2 saturated heterocycles. The van der Waals surface area contributed by atoms with Crippen LogP contribution in [0.5, 0.6) is 5.75 Å². The van der Waals surface area contributed by atoms with E-state index < -0.39 is 23.8 Å². The average Bonchev–Trinajstić information content (AvgIpc) is 3.48. The smallest absolute Gasteiger partial charge is 0.416 e. The van der Waals surface area contributed by atoms with Crippen molar-refractivity contribution in [2.75, 3.05) is 45.2 Å². The van der Waals surface area contributed by atoms with Crippen molar-refractivity contribution in [3.8, 4) is 5.75 Å². The average molecular weight is 589 g/mol. The molecule has 0 aromatic heterocycles. The number of alkyl halides is 3. The molecular formula is C30H35F3N4O5. The van der Waals surface area contributed by atoms with E-state index in [0.717, 1.165) is 31.8 Å². The summed E-state index contributed by atoms with van der Waals surface area (Å²) in [6.07, 6.45) is -1.39. The van der Waals surface area contributed by atoms with Crippen molar-refractivity contribution in [3.63, 3.8) is 0 Å². The molecule has 0 spiro atoms. The Kier molecular flexibility index (Phi) is 9.02. The molecule has 2 aromatic carbocycles. The van der Waals surface area contributed by atoms with E-state index in [4.69, 9.17) is 9.47 Å². The fraction of sp³-hybridized carbons (Fsp3) is 0.500. The number of amides is 3. The minimum atomic E-state index is -4.58. The third kappa shape index (κ3) is 7.04. The lowest BCUT2D eigenvalue weighted by atomic mass is 9.94. The molecule has 0 bridgehead atoms. The number of likely N-dealkylation sites (N-methyl/N-ethyl adjacent to an activating group) is 1. The zero-order chi connectivity index (χ0) is 29.9. The Morgan fingerprint density at radius 3 is 2.62 bits per heavy atom. The van der Waals surface area contributed by atoms with Crippen LogP contribution in [0, 0.1) is 0 Å². The predicted molar refractivity (Wildman–Crippen MR) is 148 cm³/mol. The highest BCUT2D eigenvalue weighted by Crippen LogP contribution is 2.33. The number of fused-ring (bicyclic) bond motifs is 2. The number of hydrogen-bond donors (Lipinski definition) is 2. The molecule has 3 atom stereocenters. The number of halogens is 3. The second-order valence-corrected chi connectivity index (χ2v) is 11.0. The van der Waals surface area contributed by atoms with Gasteiger partial charge in [0, 0.05) is 31.4 Å². The zero-order valence-electron chi connectivity index (χ0n) is 23.4. The van der Waals surface area contributed by atoms with Crippen molar-refractivity contribution >= 4 is 23.4 Å². The summed E-state index contributed by atoms with van der Waals surface area (Å²) in [6, 6.07) is 8.37. The number of carbonyl (C=O) groups is 3. The van der Waals surface area contributed by atoms with Crippen molar-refractivity contribution in [2.45, 2.75) is 56.5 Å². The summed E-state index contributed by atoms with van der Waals surface area (Å²) in [6.45, 7) is 3.78. The normalized spacial score (nSPS) is 22.8. The molecule has 42 heavy (non-hydrogen) atoms. The third-order valence-electron chi connectivity index (χ3n) is 8.08. The molecule has 3 aliphatic rings. The standard InChI is InChI=1S/C30H35F3N4O5/c1-36-24-9-8-22(17-27(38)34-11-14-37-12-2-3-13-37)42-26(24)18-41-25-10-7-21(16-23(25)29(36)40)35-28(39)19-5-4-6-20(15-19)30(31,32)33/h4-7,10,15-16,22,24,26H,2-3,8-9,11-14,17-18H2,1H3,(H,34,38)(H,35,39)/t22-,24+,26+/m0/s1. The van der Waals surface area contributed by atoms with Crippen LogP contribution in [0.25, 0.3) is 0 Å². The summed E-state index contributed by atoms with van der Waals surface area (Å²) in [4.78, 5) is 42.6. The Morgan fingerprint density at radius 1 is 1.07 bits per heavy atom. The first-order chi connectivity index (χ1) is 20.1. The van der Waals surface area contributed by atoms with Gasteiger partial charge in [-0.1, -0.05) is 6.07 Å². The lowest BCUT2D eigenvalue weighted by Gasteiger charge is -2.42. The largest absolute Gasteiger partial charge is 0.490 e. The molecule has 0 aliphatic carbocycles. The fourth-order valence-electron chi connectivity index (χ4n) is 5.78. The molecule has 2 fully saturated rings. The lowest BCUT2D eigenvalue weighted by molar-refractivity contribution is -0.137. The van der Waals surface area contributed by atoms with Crippen LogP contribution in [0.3, 0.4) is 0 Å². The van der Waals surface area contributed by atoms with Gasteiger partial charge < -0.3 is 29.9 Å². The summed E-state index contributed by atoms with van der Waals surface area (Å²) in [5.74, 6) is -0.830. The van der Waals surface area contributed by atoms with Crippen molar-refractivity contribution in [2.24, 2.45) is 0 Å². The minimum Gasteiger partial charge on any atom is -0.490 e. The zero-order valence-corrected chi connectivity index (χ0v) is 23.4. The van der Waals surface area contributed by atoms with Gasteiger partial charge in [-0.15, -0.1) is 0 Å². The third-order valence-corrected chi connectivity index (χ3v) is 8.08. The van der Waals surface area contributed by atoms with Gasteiger partial charge in [0.2, 0.25) is 5.91 Å². The number of rotatable bonds is 7. The van der Waals surface area contributed by atoms with E-state index in [1.807, 2.05) is 0 Å². The van der Waals surface area contributed by atoms with Gasteiger partial charge in [-0.3, -0.25) is 14.4 Å². The maximum absolute atomic E-state index is 13.5. The molecule has 2 N–H and O–H groups in total. The number of ether oxygens (including phenoxy) is 2.